The normalized spacial score (nSPS) is 12.4. The fraction of sp³-hybridized carbons (Fsp3) is 0.211. The zero-order valence-electron chi connectivity index (χ0n) is 15.0. The summed E-state index contributed by atoms with van der Waals surface area (Å²) in [5.74, 6) is -0.429. The number of aromatic nitrogens is 3. The lowest BCUT2D eigenvalue weighted by atomic mass is 10.2. The van der Waals surface area contributed by atoms with Crippen molar-refractivity contribution in [3.63, 3.8) is 0 Å². The first-order chi connectivity index (χ1) is 13.8. The van der Waals surface area contributed by atoms with Crippen LogP contribution in [0, 0.1) is 0 Å². The molecule has 3 aromatic rings. The number of benzene rings is 2. The number of carbonyl (C=O) groups is 1. The van der Waals surface area contributed by atoms with Gasteiger partial charge in [0.2, 0.25) is 0 Å². The molecule has 2 aromatic carbocycles. The molecule has 0 fully saturated rings. The molecule has 0 aliphatic carbocycles. The molecule has 2 N–H and O–H groups in total. The lowest BCUT2D eigenvalue weighted by molar-refractivity contribution is -0.137. The van der Waals surface area contributed by atoms with Crippen LogP contribution in [0.4, 0.5) is 13.2 Å². The van der Waals surface area contributed by atoms with E-state index in [1.807, 2.05) is 0 Å². The van der Waals surface area contributed by atoms with Crippen LogP contribution in [0.15, 0.2) is 61.2 Å². The molecule has 7 nitrogen and oxygen atoms in total. The Labute approximate surface area is 163 Å². The molecular weight excluding hydrogens is 389 g/mol. The number of aliphatic hydroxyl groups is 1. The van der Waals surface area contributed by atoms with Gasteiger partial charge in [-0.1, -0.05) is 6.07 Å². The van der Waals surface area contributed by atoms with Crippen LogP contribution in [-0.2, 0) is 6.18 Å². The van der Waals surface area contributed by atoms with E-state index in [4.69, 9.17) is 4.74 Å². The largest absolute Gasteiger partial charge is 0.491 e. The fourth-order valence-corrected chi connectivity index (χ4v) is 2.43. The number of alkyl halides is 3. The number of aliphatic hydroxyl groups excluding tert-OH is 1. The van der Waals surface area contributed by atoms with Crippen molar-refractivity contribution in [2.45, 2.75) is 12.3 Å². The van der Waals surface area contributed by atoms with Crippen molar-refractivity contribution in [2.75, 3.05) is 13.2 Å². The zero-order valence-corrected chi connectivity index (χ0v) is 15.0. The van der Waals surface area contributed by atoms with Crippen LogP contribution in [-0.4, -0.2) is 45.0 Å². The monoisotopic (exact) mass is 406 g/mol. The minimum Gasteiger partial charge on any atom is -0.491 e. The molecule has 0 radical (unpaired) electrons. The van der Waals surface area contributed by atoms with Crippen molar-refractivity contribution >= 4 is 5.91 Å². The smallest absolute Gasteiger partial charge is 0.416 e. The van der Waals surface area contributed by atoms with Gasteiger partial charge in [0.05, 0.1) is 11.3 Å². The number of nitrogens with zero attached hydrogens (tertiary/aromatic N) is 3. The molecular formula is C19H17F3N4O3. The van der Waals surface area contributed by atoms with E-state index in [1.165, 1.54) is 29.5 Å². The van der Waals surface area contributed by atoms with Gasteiger partial charge in [0.1, 0.15) is 31.1 Å². The van der Waals surface area contributed by atoms with Gasteiger partial charge in [-0.3, -0.25) is 4.79 Å². The predicted molar refractivity (Wildman–Crippen MR) is 96.6 cm³/mol. The Morgan fingerprint density at radius 3 is 2.62 bits per heavy atom. The van der Waals surface area contributed by atoms with Crippen LogP contribution in [0.1, 0.15) is 15.9 Å². The van der Waals surface area contributed by atoms with Crippen LogP contribution in [0.3, 0.4) is 0 Å². The molecule has 1 atom stereocenters. The quantitative estimate of drug-likeness (QED) is 0.629. The Kier molecular flexibility index (Phi) is 6.13. The van der Waals surface area contributed by atoms with Gasteiger partial charge in [-0.05, 0) is 42.5 Å². The molecule has 0 saturated heterocycles. The Morgan fingerprint density at radius 1 is 1.21 bits per heavy atom. The lowest BCUT2D eigenvalue weighted by Crippen LogP contribution is -2.35. The van der Waals surface area contributed by atoms with Crippen molar-refractivity contribution < 1.29 is 27.8 Å². The summed E-state index contributed by atoms with van der Waals surface area (Å²) in [7, 11) is 0. The number of hydrogen-bond donors (Lipinski definition) is 2. The Morgan fingerprint density at radius 2 is 1.97 bits per heavy atom. The highest BCUT2D eigenvalue weighted by atomic mass is 19.4. The van der Waals surface area contributed by atoms with E-state index in [9.17, 15) is 23.1 Å². The number of nitrogens with one attached hydrogen (secondary N) is 1. The summed E-state index contributed by atoms with van der Waals surface area (Å²) in [5, 5.41) is 16.4. The highest BCUT2D eigenvalue weighted by Gasteiger charge is 2.30. The molecule has 1 heterocycles. The van der Waals surface area contributed by atoms with Gasteiger partial charge >= 0.3 is 6.18 Å². The van der Waals surface area contributed by atoms with Gasteiger partial charge in [-0.15, -0.1) is 0 Å². The van der Waals surface area contributed by atoms with E-state index in [2.05, 4.69) is 15.4 Å². The summed E-state index contributed by atoms with van der Waals surface area (Å²) in [6, 6.07) is 10.9. The van der Waals surface area contributed by atoms with Crippen molar-refractivity contribution in [2.24, 2.45) is 0 Å². The molecule has 0 saturated carbocycles. The molecule has 29 heavy (non-hydrogen) atoms. The second-order valence-electron chi connectivity index (χ2n) is 6.09. The summed E-state index contributed by atoms with van der Waals surface area (Å²) < 4.78 is 44.8. The van der Waals surface area contributed by atoms with Gasteiger partial charge in [0.25, 0.3) is 5.91 Å². The zero-order chi connectivity index (χ0) is 20.9. The second-order valence-corrected chi connectivity index (χ2v) is 6.09. The second kappa shape index (κ2) is 8.74. The van der Waals surface area contributed by atoms with Crippen LogP contribution in [0.5, 0.6) is 5.75 Å². The maximum atomic E-state index is 12.7. The van der Waals surface area contributed by atoms with Crippen LogP contribution in [0.2, 0.25) is 0 Å². The summed E-state index contributed by atoms with van der Waals surface area (Å²) in [5.41, 5.74) is 0.264. The molecule has 1 unspecified atom stereocenters. The predicted octanol–water partition coefficient (Wildman–Crippen LogP) is 2.46. The molecule has 0 spiro atoms. The van der Waals surface area contributed by atoms with Gasteiger partial charge in [0.15, 0.2) is 0 Å². The van der Waals surface area contributed by atoms with Crippen LogP contribution in [0.25, 0.3) is 5.69 Å². The highest BCUT2D eigenvalue weighted by Crippen LogP contribution is 2.31. The topological polar surface area (TPSA) is 89.3 Å². The summed E-state index contributed by atoms with van der Waals surface area (Å²) in [6.45, 7) is -0.393. The number of amides is 1. The summed E-state index contributed by atoms with van der Waals surface area (Å²) in [4.78, 5) is 16.0. The van der Waals surface area contributed by atoms with Gasteiger partial charge in [-0.25, -0.2) is 9.67 Å². The molecule has 152 valence electrons. The number of halogens is 3. The van der Waals surface area contributed by atoms with Crippen molar-refractivity contribution in [3.05, 3.63) is 72.3 Å². The van der Waals surface area contributed by atoms with E-state index < -0.39 is 23.8 Å². The molecule has 3 rings (SSSR count). The van der Waals surface area contributed by atoms with E-state index in [0.717, 1.165) is 17.8 Å². The van der Waals surface area contributed by atoms with E-state index >= 15 is 0 Å². The average Bonchev–Trinajstić information content (AvgIpc) is 3.25. The number of rotatable bonds is 7. The first kappa shape index (κ1) is 20.3. The molecule has 10 heteroatoms. The van der Waals surface area contributed by atoms with Crippen molar-refractivity contribution in [3.8, 4) is 11.4 Å². The number of ether oxygens (including phenoxy) is 1. The molecule has 1 aromatic heterocycles. The third-order valence-corrected chi connectivity index (χ3v) is 3.91. The first-order valence-corrected chi connectivity index (χ1v) is 8.54. The maximum absolute atomic E-state index is 12.7. The molecule has 1 amide bonds. The third kappa shape index (κ3) is 5.55. The minimum atomic E-state index is -4.48. The fourth-order valence-electron chi connectivity index (χ4n) is 2.43. The summed E-state index contributed by atoms with van der Waals surface area (Å²) >= 11 is 0. The Hall–Kier alpha value is -3.40. The number of carbonyl (C=O) groups excluding carboxylic acids is 1. The van der Waals surface area contributed by atoms with E-state index in [1.54, 1.807) is 24.3 Å². The van der Waals surface area contributed by atoms with E-state index in [-0.39, 0.29) is 18.9 Å². The van der Waals surface area contributed by atoms with Crippen LogP contribution < -0.4 is 10.1 Å². The Bertz CT molecular complexity index is 944. The van der Waals surface area contributed by atoms with Crippen LogP contribution >= 0.6 is 0 Å². The van der Waals surface area contributed by atoms with Crippen molar-refractivity contribution in [1.29, 1.82) is 0 Å². The standard InChI is InChI=1S/C19H17F3N4O3/c20-19(21,22)14-2-1-3-17(8-14)29-10-16(27)9-24-18(28)13-4-6-15(7-5-13)26-12-23-11-25-26/h1-8,11-12,16,27H,9-10H2,(H,24,28). The van der Waals surface area contributed by atoms with E-state index in [0.29, 0.717) is 5.56 Å². The van der Waals surface area contributed by atoms with Gasteiger partial charge in [-0.2, -0.15) is 18.3 Å². The van der Waals surface area contributed by atoms with Gasteiger partial charge < -0.3 is 15.2 Å². The maximum Gasteiger partial charge on any atom is 0.416 e. The first-order valence-electron chi connectivity index (χ1n) is 8.54. The molecule has 0 aliphatic rings. The summed E-state index contributed by atoms with van der Waals surface area (Å²) in [6.07, 6.45) is -2.66. The highest BCUT2D eigenvalue weighted by molar-refractivity contribution is 5.94. The average molecular weight is 406 g/mol. The lowest BCUT2D eigenvalue weighted by Gasteiger charge is -2.14. The van der Waals surface area contributed by atoms with Gasteiger partial charge in [0, 0.05) is 12.1 Å². The minimum absolute atomic E-state index is 0.0195. The van der Waals surface area contributed by atoms with Crippen molar-refractivity contribution in [1.82, 2.24) is 20.1 Å². The molecule has 0 bridgehead atoms. The molecule has 0 aliphatic heterocycles. The third-order valence-electron chi connectivity index (χ3n) is 3.91. The SMILES string of the molecule is O=C(NCC(O)COc1cccc(C(F)(F)F)c1)c1ccc(-n2cncn2)cc1. The Balaban J connectivity index is 1.48. The number of hydrogen-bond acceptors (Lipinski definition) is 5.